The third-order valence-electron chi connectivity index (χ3n) is 5.02. The molecule has 0 saturated heterocycles. The molecule has 2 aromatic carbocycles. The average molecular weight is 375 g/mol. The molecule has 2 heterocycles. The lowest BCUT2D eigenvalue weighted by atomic mass is 10.0. The van der Waals surface area contributed by atoms with E-state index in [-0.39, 0.29) is 0 Å². The molecular formula is C22H19ClN4. The van der Waals surface area contributed by atoms with Crippen LogP contribution in [-0.4, -0.2) is 9.38 Å². The van der Waals surface area contributed by atoms with Crippen molar-refractivity contribution in [1.29, 1.82) is 5.26 Å². The SMILES string of the molecule is CCc1c(C)c(C#N)c2nc3ccccc3n2c1Nc1ccc(C)c(Cl)c1. The van der Waals surface area contributed by atoms with E-state index in [0.717, 1.165) is 50.7 Å². The molecule has 4 rings (SSSR count). The van der Waals surface area contributed by atoms with Crippen molar-refractivity contribution < 1.29 is 0 Å². The number of rotatable bonds is 3. The summed E-state index contributed by atoms with van der Waals surface area (Å²) in [4.78, 5) is 4.73. The lowest BCUT2D eigenvalue weighted by Crippen LogP contribution is -2.07. The van der Waals surface area contributed by atoms with E-state index in [4.69, 9.17) is 16.6 Å². The summed E-state index contributed by atoms with van der Waals surface area (Å²) >= 11 is 6.32. The van der Waals surface area contributed by atoms with Gasteiger partial charge in [-0.25, -0.2) is 4.98 Å². The van der Waals surface area contributed by atoms with Crippen LogP contribution in [0.1, 0.15) is 29.2 Å². The number of aryl methyl sites for hydroxylation is 1. The summed E-state index contributed by atoms with van der Waals surface area (Å²) in [6, 6.07) is 16.2. The Morgan fingerprint density at radius 2 is 1.96 bits per heavy atom. The van der Waals surface area contributed by atoms with Gasteiger partial charge in [-0.2, -0.15) is 5.26 Å². The van der Waals surface area contributed by atoms with Crippen LogP contribution in [0.5, 0.6) is 0 Å². The van der Waals surface area contributed by atoms with Gasteiger partial charge in [0.1, 0.15) is 11.9 Å². The fraction of sp³-hybridized carbons (Fsp3) is 0.182. The molecule has 0 aliphatic carbocycles. The zero-order valence-corrected chi connectivity index (χ0v) is 16.2. The molecule has 0 atom stereocenters. The highest BCUT2D eigenvalue weighted by atomic mass is 35.5. The number of hydrogen-bond donors (Lipinski definition) is 1. The minimum absolute atomic E-state index is 0.621. The molecule has 0 amide bonds. The zero-order chi connectivity index (χ0) is 19.1. The Bertz CT molecular complexity index is 1230. The first-order valence-electron chi connectivity index (χ1n) is 8.91. The van der Waals surface area contributed by atoms with Crippen LogP contribution in [-0.2, 0) is 6.42 Å². The van der Waals surface area contributed by atoms with Crippen molar-refractivity contribution in [3.63, 3.8) is 0 Å². The van der Waals surface area contributed by atoms with Crippen LogP contribution in [0, 0.1) is 25.2 Å². The molecule has 0 spiro atoms. The van der Waals surface area contributed by atoms with Gasteiger partial charge < -0.3 is 5.32 Å². The van der Waals surface area contributed by atoms with Crippen LogP contribution in [0.2, 0.25) is 5.02 Å². The first kappa shape index (κ1) is 17.4. The van der Waals surface area contributed by atoms with Gasteiger partial charge >= 0.3 is 0 Å². The molecule has 134 valence electrons. The normalized spacial score (nSPS) is 11.1. The summed E-state index contributed by atoms with van der Waals surface area (Å²) in [5, 5.41) is 14.0. The van der Waals surface area contributed by atoms with E-state index in [1.807, 2.05) is 60.7 Å². The minimum Gasteiger partial charge on any atom is -0.341 e. The van der Waals surface area contributed by atoms with E-state index in [1.165, 1.54) is 0 Å². The second-order valence-corrected chi connectivity index (χ2v) is 7.05. The number of nitrogens with zero attached hydrogens (tertiary/aromatic N) is 3. The Labute approximate surface area is 163 Å². The molecule has 4 nitrogen and oxygen atoms in total. The topological polar surface area (TPSA) is 53.1 Å². The smallest absolute Gasteiger partial charge is 0.157 e. The standard InChI is InChI=1S/C22H19ClN4/c1-4-16-14(3)17(12-24)22-26-19-7-5-6-8-20(19)27(22)21(16)25-15-10-9-13(2)18(23)11-15/h5-11,25H,4H2,1-3H3. The van der Waals surface area contributed by atoms with Crippen LogP contribution in [0.4, 0.5) is 11.5 Å². The number of anilines is 2. The molecule has 0 radical (unpaired) electrons. The molecule has 0 fully saturated rings. The monoisotopic (exact) mass is 374 g/mol. The molecule has 4 aromatic rings. The molecule has 0 saturated carbocycles. The molecule has 5 heteroatoms. The molecule has 0 bridgehead atoms. The van der Waals surface area contributed by atoms with Crippen molar-refractivity contribution in [2.45, 2.75) is 27.2 Å². The predicted molar refractivity (Wildman–Crippen MR) is 111 cm³/mol. The number of para-hydroxylation sites is 2. The van der Waals surface area contributed by atoms with Gasteiger partial charge in [0.25, 0.3) is 0 Å². The van der Waals surface area contributed by atoms with Gasteiger partial charge in [-0.3, -0.25) is 4.40 Å². The van der Waals surface area contributed by atoms with E-state index >= 15 is 0 Å². The Morgan fingerprint density at radius 1 is 1.19 bits per heavy atom. The van der Waals surface area contributed by atoms with Gasteiger partial charge in [0.2, 0.25) is 0 Å². The number of benzene rings is 2. The van der Waals surface area contributed by atoms with E-state index in [9.17, 15) is 5.26 Å². The number of fused-ring (bicyclic) bond motifs is 3. The van der Waals surface area contributed by atoms with Gasteiger partial charge in [-0.15, -0.1) is 0 Å². The number of hydrogen-bond acceptors (Lipinski definition) is 3. The second-order valence-electron chi connectivity index (χ2n) is 6.64. The van der Waals surface area contributed by atoms with Gasteiger partial charge in [-0.05, 0) is 61.2 Å². The zero-order valence-electron chi connectivity index (χ0n) is 15.5. The van der Waals surface area contributed by atoms with Gasteiger partial charge in [0.15, 0.2) is 5.65 Å². The molecule has 1 N–H and O–H groups in total. The molecule has 0 unspecified atom stereocenters. The maximum Gasteiger partial charge on any atom is 0.157 e. The highest BCUT2D eigenvalue weighted by molar-refractivity contribution is 6.31. The number of aromatic nitrogens is 2. The van der Waals surface area contributed by atoms with E-state index in [1.54, 1.807) is 0 Å². The molecule has 27 heavy (non-hydrogen) atoms. The van der Waals surface area contributed by atoms with Crippen molar-refractivity contribution in [3.05, 3.63) is 69.7 Å². The third-order valence-corrected chi connectivity index (χ3v) is 5.43. The summed E-state index contributed by atoms with van der Waals surface area (Å²) in [5.41, 5.74) is 7.13. The van der Waals surface area contributed by atoms with Gasteiger partial charge in [0, 0.05) is 10.7 Å². The van der Waals surface area contributed by atoms with Crippen LogP contribution < -0.4 is 5.32 Å². The lowest BCUT2D eigenvalue weighted by Gasteiger charge is -2.18. The molecule has 2 aromatic heterocycles. The number of imidazole rings is 1. The number of pyridine rings is 1. The van der Waals surface area contributed by atoms with Crippen LogP contribution in [0.15, 0.2) is 42.5 Å². The summed E-state index contributed by atoms with van der Waals surface area (Å²) in [7, 11) is 0. The van der Waals surface area contributed by atoms with Crippen LogP contribution >= 0.6 is 11.6 Å². The van der Waals surface area contributed by atoms with Crippen molar-refractivity contribution in [1.82, 2.24) is 9.38 Å². The fourth-order valence-electron chi connectivity index (χ4n) is 3.56. The Morgan fingerprint density at radius 3 is 2.67 bits per heavy atom. The van der Waals surface area contributed by atoms with Crippen LogP contribution in [0.25, 0.3) is 16.7 Å². The van der Waals surface area contributed by atoms with E-state index in [2.05, 4.69) is 18.3 Å². The molecular weight excluding hydrogens is 356 g/mol. The van der Waals surface area contributed by atoms with E-state index < -0.39 is 0 Å². The number of nitrogens with one attached hydrogen (secondary N) is 1. The summed E-state index contributed by atoms with van der Waals surface area (Å²) < 4.78 is 2.05. The highest BCUT2D eigenvalue weighted by Crippen LogP contribution is 2.33. The maximum absolute atomic E-state index is 9.77. The predicted octanol–water partition coefficient (Wildman–Crippen LogP) is 5.94. The van der Waals surface area contributed by atoms with Crippen molar-refractivity contribution in [2.24, 2.45) is 0 Å². The summed E-state index contributed by atoms with van der Waals surface area (Å²) in [6.07, 6.45) is 0.797. The minimum atomic E-state index is 0.621. The van der Waals surface area contributed by atoms with Crippen molar-refractivity contribution in [3.8, 4) is 6.07 Å². The summed E-state index contributed by atoms with van der Waals surface area (Å²) in [6.45, 7) is 6.07. The first-order valence-corrected chi connectivity index (χ1v) is 9.28. The first-order chi connectivity index (χ1) is 13.0. The number of halogens is 1. The van der Waals surface area contributed by atoms with Gasteiger partial charge in [-0.1, -0.05) is 36.7 Å². The Balaban J connectivity index is 2.08. The maximum atomic E-state index is 9.77. The van der Waals surface area contributed by atoms with Crippen molar-refractivity contribution >= 4 is 39.8 Å². The Kier molecular flexibility index (Phi) is 4.25. The van der Waals surface area contributed by atoms with Crippen molar-refractivity contribution in [2.75, 3.05) is 5.32 Å². The average Bonchev–Trinajstić information content (AvgIpc) is 3.04. The quantitative estimate of drug-likeness (QED) is 0.483. The third kappa shape index (κ3) is 2.72. The Hall–Kier alpha value is -3.03. The fourth-order valence-corrected chi connectivity index (χ4v) is 3.74. The van der Waals surface area contributed by atoms with E-state index in [0.29, 0.717) is 11.2 Å². The largest absolute Gasteiger partial charge is 0.341 e. The van der Waals surface area contributed by atoms with Gasteiger partial charge in [0.05, 0.1) is 16.6 Å². The number of nitriles is 1. The molecule has 0 aliphatic heterocycles. The lowest BCUT2D eigenvalue weighted by molar-refractivity contribution is 1.05. The second kappa shape index (κ2) is 6.61. The van der Waals surface area contributed by atoms with Crippen LogP contribution in [0.3, 0.4) is 0 Å². The highest BCUT2D eigenvalue weighted by Gasteiger charge is 2.20. The summed E-state index contributed by atoms with van der Waals surface area (Å²) in [5.74, 6) is 0.928. The molecule has 0 aliphatic rings.